The molecule has 0 aromatic heterocycles. The second-order valence-electron chi connectivity index (χ2n) is 6.66. The molecule has 6 nitrogen and oxygen atoms in total. The van der Waals surface area contributed by atoms with Gasteiger partial charge in [-0.15, -0.1) is 0 Å². The Labute approximate surface area is 159 Å². The maximum atomic E-state index is 12.2. The van der Waals surface area contributed by atoms with Crippen LogP contribution in [0.15, 0.2) is 36.4 Å². The van der Waals surface area contributed by atoms with Gasteiger partial charge in [0.1, 0.15) is 11.7 Å². The zero-order valence-electron chi connectivity index (χ0n) is 15.7. The topological polar surface area (TPSA) is 76.7 Å². The van der Waals surface area contributed by atoms with E-state index in [0.29, 0.717) is 24.5 Å². The normalized spacial score (nSPS) is 12.7. The Hall–Kier alpha value is -2.05. The van der Waals surface area contributed by atoms with Crippen molar-refractivity contribution in [1.82, 2.24) is 10.6 Å². The minimum absolute atomic E-state index is 0.211. The summed E-state index contributed by atoms with van der Waals surface area (Å²) in [6.45, 7) is 6.06. The summed E-state index contributed by atoms with van der Waals surface area (Å²) in [5.74, 6) is -0.211. The maximum Gasteiger partial charge on any atom is 0.407 e. The van der Waals surface area contributed by atoms with Crippen molar-refractivity contribution in [2.24, 2.45) is 0 Å². The van der Waals surface area contributed by atoms with Gasteiger partial charge in [-0.05, 0) is 38.5 Å². The Morgan fingerprint density at radius 1 is 1.19 bits per heavy atom. The van der Waals surface area contributed by atoms with Crippen LogP contribution >= 0.6 is 11.6 Å². The third-order valence-corrected chi connectivity index (χ3v) is 3.45. The fourth-order valence-electron chi connectivity index (χ4n) is 2.06. The number of methoxy groups -OCH3 is 1. The first kappa shape index (κ1) is 22.0. The first-order valence-corrected chi connectivity index (χ1v) is 8.76. The van der Waals surface area contributed by atoms with Crippen LogP contribution in [0.5, 0.6) is 0 Å². The second-order valence-corrected chi connectivity index (χ2v) is 7.09. The van der Waals surface area contributed by atoms with Gasteiger partial charge in [0.2, 0.25) is 5.91 Å². The van der Waals surface area contributed by atoms with Gasteiger partial charge in [-0.3, -0.25) is 4.79 Å². The standard InChI is InChI=1S/C19H27ClN2O4/c1-19(2,3)26-18(24)22-11-6-5-10-21-17(23)16(25-4)13-14-8-7-9-15(20)12-14/h5-9,12,16H,10-11,13H2,1-4H3,(H,21,23)(H,22,24)/b6-5+/t16-/m0/s1. The highest BCUT2D eigenvalue weighted by atomic mass is 35.5. The van der Waals surface area contributed by atoms with Crippen LogP contribution in [0.3, 0.4) is 0 Å². The molecule has 0 saturated heterocycles. The van der Waals surface area contributed by atoms with Gasteiger partial charge in [-0.2, -0.15) is 0 Å². The van der Waals surface area contributed by atoms with E-state index in [1.54, 1.807) is 39.0 Å². The molecule has 0 bridgehead atoms. The van der Waals surface area contributed by atoms with Crippen molar-refractivity contribution in [1.29, 1.82) is 0 Å². The Morgan fingerprint density at radius 2 is 1.85 bits per heavy atom. The molecule has 144 valence electrons. The van der Waals surface area contributed by atoms with Gasteiger partial charge in [0.05, 0.1) is 0 Å². The van der Waals surface area contributed by atoms with Crippen LogP contribution in [0.2, 0.25) is 5.02 Å². The van der Waals surface area contributed by atoms with E-state index in [2.05, 4.69) is 10.6 Å². The van der Waals surface area contributed by atoms with Gasteiger partial charge in [0.25, 0.3) is 0 Å². The van der Waals surface area contributed by atoms with Crippen molar-refractivity contribution in [2.45, 2.75) is 38.9 Å². The number of hydrogen-bond acceptors (Lipinski definition) is 4. The Kier molecular flexibility index (Phi) is 9.16. The van der Waals surface area contributed by atoms with Crippen molar-refractivity contribution in [3.05, 3.63) is 47.0 Å². The molecule has 1 aromatic rings. The van der Waals surface area contributed by atoms with Crippen LogP contribution < -0.4 is 10.6 Å². The highest BCUT2D eigenvalue weighted by Crippen LogP contribution is 2.13. The summed E-state index contributed by atoms with van der Waals surface area (Å²) in [6, 6.07) is 7.32. The molecule has 0 radical (unpaired) electrons. The van der Waals surface area contributed by atoms with E-state index in [1.807, 2.05) is 18.2 Å². The quantitative estimate of drug-likeness (QED) is 0.677. The average Bonchev–Trinajstić information content (AvgIpc) is 2.54. The van der Waals surface area contributed by atoms with Crippen molar-refractivity contribution in [3.63, 3.8) is 0 Å². The maximum absolute atomic E-state index is 12.2. The number of carbonyl (C=O) groups excluding carboxylic acids is 2. The molecular weight excluding hydrogens is 356 g/mol. The monoisotopic (exact) mass is 382 g/mol. The van der Waals surface area contributed by atoms with E-state index >= 15 is 0 Å². The molecule has 2 amide bonds. The lowest BCUT2D eigenvalue weighted by atomic mass is 10.1. The lowest BCUT2D eigenvalue weighted by Crippen LogP contribution is -2.37. The summed E-state index contributed by atoms with van der Waals surface area (Å²) in [6.07, 6.45) is 2.85. The van der Waals surface area contributed by atoms with Crippen LogP contribution in [0.4, 0.5) is 4.79 Å². The van der Waals surface area contributed by atoms with Crippen molar-refractivity contribution >= 4 is 23.6 Å². The highest BCUT2D eigenvalue weighted by Gasteiger charge is 2.17. The third kappa shape index (κ3) is 9.44. The summed E-state index contributed by atoms with van der Waals surface area (Å²) in [7, 11) is 1.50. The molecule has 0 spiro atoms. The summed E-state index contributed by atoms with van der Waals surface area (Å²) in [4.78, 5) is 23.6. The minimum atomic E-state index is -0.596. The molecule has 26 heavy (non-hydrogen) atoms. The van der Waals surface area contributed by atoms with Gasteiger partial charge in [0, 0.05) is 31.6 Å². The molecule has 2 N–H and O–H groups in total. The molecule has 0 aliphatic rings. The Balaban J connectivity index is 2.32. The molecule has 0 fully saturated rings. The van der Waals surface area contributed by atoms with Gasteiger partial charge in [0.15, 0.2) is 0 Å². The predicted molar refractivity (Wildman–Crippen MR) is 102 cm³/mol. The van der Waals surface area contributed by atoms with E-state index in [4.69, 9.17) is 21.1 Å². The number of benzene rings is 1. The number of nitrogens with one attached hydrogen (secondary N) is 2. The Bertz CT molecular complexity index is 626. The molecule has 1 aromatic carbocycles. The van der Waals surface area contributed by atoms with Crippen molar-refractivity contribution in [3.8, 4) is 0 Å². The number of alkyl carbamates (subject to hydrolysis) is 1. The zero-order valence-corrected chi connectivity index (χ0v) is 16.4. The number of halogens is 1. The molecule has 1 rings (SSSR count). The molecule has 0 unspecified atom stereocenters. The van der Waals surface area contributed by atoms with E-state index in [0.717, 1.165) is 5.56 Å². The summed E-state index contributed by atoms with van der Waals surface area (Å²) in [5, 5.41) is 5.99. The van der Waals surface area contributed by atoms with E-state index < -0.39 is 17.8 Å². The molecular formula is C19H27ClN2O4. The van der Waals surface area contributed by atoms with Gasteiger partial charge < -0.3 is 20.1 Å². The molecule has 0 heterocycles. The fourth-order valence-corrected chi connectivity index (χ4v) is 2.27. The molecule has 1 atom stereocenters. The van der Waals surface area contributed by atoms with Gasteiger partial charge in [-0.1, -0.05) is 35.9 Å². The first-order chi connectivity index (χ1) is 12.2. The number of amides is 2. The molecule has 0 aliphatic carbocycles. The van der Waals surface area contributed by atoms with Gasteiger partial charge >= 0.3 is 6.09 Å². The van der Waals surface area contributed by atoms with Crippen LogP contribution in [-0.4, -0.2) is 43.9 Å². The fraction of sp³-hybridized carbons (Fsp3) is 0.474. The third-order valence-electron chi connectivity index (χ3n) is 3.21. The van der Waals surface area contributed by atoms with Gasteiger partial charge in [-0.25, -0.2) is 4.79 Å². The highest BCUT2D eigenvalue weighted by molar-refractivity contribution is 6.30. The van der Waals surface area contributed by atoms with Crippen LogP contribution in [0.25, 0.3) is 0 Å². The number of rotatable bonds is 8. The Morgan fingerprint density at radius 3 is 2.42 bits per heavy atom. The van der Waals surface area contributed by atoms with Crippen LogP contribution in [-0.2, 0) is 20.7 Å². The van der Waals surface area contributed by atoms with Crippen molar-refractivity contribution in [2.75, 3.05) is 20.2 Å². The SMILES string of the molecule is CO[C@@H](Cc1cccc(Cl)c1)C(=O)NC/C=C/CNC(=O)OC(C)(C)C. The summed E-state index contributed by atoms with van der Waals surface area (Å²) < 4.78 is 10.4. The van der Waals surface area contributed by atoms with E-state index in [1.165, 1.54) is 7.11 Å². The van der Waals surface area contributed by atoms with E-state index in [-0.39, 0.29) is 5.91 Å². The summed E-state index contributed by atoms with van der Waals surface area (Å²) in [5.41, 5.74) is 0.400. The zero-order chi connectivity index (χ0) is 19.6. The smallest absolute Gasteiger partial charge is 0.407 e. The van der Waals surface area contributed by atoms with E-state index in [9.17, 15) is 9.59 Å². The van der Waals surface area contributed by atoms with Crippen LogP contribution in [0.1, 0.15) is 26.3 Å². The average molecular weight is 383 g/mol. The van der Waals surface area contributed by atoms with Crippen molar-refractivity contribution < 1.29 is 19.1 Å². The molecule has 7 heteroatoms. The molecule has 0 aliphatic heterocycles. The summed E-state index contributed by atoms with van der Waals surface area (Å²) >= 11 is 5.95. The number of carbonyl (C=O) groups is 2. The largest absolute Gasteiger partial charge is 0.444 e. The first-order valence-electron chi connectivity index (χ1n) is 8.38. The lowest BCUT2D eigenvalue weighted by molar-refractivity contribution is -0.130. The second kappa shape index (κ2) is 10.8. The minimum Gasteiger partial charge on any atom is -0.444 e. The molecule has 0 saturated carbocycles. The van der Waals surface area contributed by atoms with Crippen LogP contribution in [0, 0.1) is 0 Å². The lowest BCUT2D eigenvalue weighted by Gasteiger charge is -2.19. The predicted octanol–water partition coefficient (Wildman–Crippen LogP) is 3.09. The number of ether oxygens (including phenoxy) is 2. The number of hydrogen-bond donors (Lipinski definition) is 2.